The van der Waals surface area contributed by atoms with Crippen molar-refractivity contribution in [3.63, 3.8) is 0 Å². The number of hydrogen-bond acceptors (Lipinski definition) is 9. The smallest absolute Gasteiger partial charge is 0.326 e. The Morgan fingerprint density at radius 1 is 1.16 bits per heavy atom. The van der Waals surface area contributed by atoms with E-state index < -0.39 is 23.8 Å². The van der Waals surface area contributed by atoms with Gasteiger partial charge in [-0.1, -0.05) is 0 Å². The highest BCUT2D eigenvalue weighted by Crippen LogP contribution is 2.13. The van der Waals surface area contributed by atoms with Crippen molar-refractivity contribution in [1.82, 2.24) is 25.9 Å². The standard InChI is InChI=1S/C23H29N9O6/c1-25-23(24)32-20-18(12-33)30-16(11-29-20)10-28-15-4-2-14(3-5-15)21(36)31-17(22(37)38)6-7-19(35)27-9-8-26-13-34/h2-5,11-13,17,28H,6-10H2,1H3,(H,26,34)(H,27,35)(H,31,36)(H,37,38)(H3,24,25,29,32). The quantitative estimate of drug-likeness (QED) is 0.0648. The minimum atomic E-state index is -1.27. The van der Waals surface area contributed by atoms with E-state index in [0.717, 1.165) is 0 Å². The van der Waals surface area contributed by atoms with Crippen LogP contribution in [0.3, 0.4) is 0 Å². The van der Waals surface area contributed by atoms with Crippen LogP contribution in [-0.2, 0) is 20.9 Å². The van der Waals surface area contributed by atoms with Gasteiger partial charge in [0.25, 0.3) is 5.91 Å². The number of amides is 3. The van der Waals surface area contributed by atoms with Crippen LogP contribution in [0.2, 0.25) is 0 Å². The van der Waals surface area contributed by atoms with Gasteiger partial charge >= 0.3 is 5.97 Å². The predicted octanol–water partition coefficient (Wildman–Crippen LogP) is -0.917. The second kappa shape index (κ2) is 15.1. The molecule has 1 heterocycles. The van der Waals surface area contributed by atoms with Crippen molar-refractivity contribution in [2.45, 2.75) is 25.4 Å². The molecule has 38 heavy (non-hydrogen) atoms. The molecule has 8 N–H and O–H groups in total. The summed E-state index contributed by atoms with van der Waals surface area (Å²) in [6, 6.07) is 4.99. The van der Waals surface area contributed by atoms with Gasteiger partial charge in [0, 0.05) is 37.8 Å². The van der Waals surface area contributed by atoms with Gasteiger partial charge in [-0.05, 0) is 30.7 Å². The molecule has 0 aliphatic carbocycles. The second-order valence-corrected chi connectivity index (χ2v) is 7.70. The average Bonchev–Trinajstić information content (AvgIpc) is 2.92. The summed E-state index contributed by atoms with van der Waals surface area (Å²) in [7, 11) is 1.48. The minimum Gasteiger partial charge on any atom is -0.480 e. The van der Waals surface area contributed by atoms with Crippen LogP contribution in [0.25, 0.3) is 0 Å². The molecule has 202 valence electrons. The zero-order chi connectivity index (χ0) is 27.9. The Morgan fingerprint density at radius 2 is 1.89 bits per heavy atom. The topological polar surface area (TPSA) is 230 Å². The molecule has 0 fully saturated rings. The lowest BCUT2D eigenvalue weighted by atomic mass is 10.1. The Hall–Kier alpha value is -5.08. The van der Waals surface area contributed by atoms with Crippen LogP contribution in [0.1, 0.15) is 39.4 Å². The van der Waals surface area contributed by atoms with Crippen molar-refractivity contribution in [2.24, 2.45) is 10.7 Å². The van der Waals surface area contributed by atoms with E-state index in [1.165, 1.54) is 25.4 Å². The van der Waals surface area contributed by atoms with Gasteiger partial charge in [0.05, 0.1) is 18.4 Å². The third kappa shape index (κ3) is 9.52. The molecule has 2 aromatic rings. The highest BCUT2D eigenvalue weighted by Gasteiger charge is 2.21. The highest BCUT2D eigenvalue weighted by molar-refractivity contribution is 5.97. The van der Waals surface area contributed by atoms with Gasteiger partial charge in [0.1, 0.15) is 11.7 Å². The Balaban J connectivity index is 1.90. The lowest BCUT2D eigenvalue weighted by Crippen LogP contribution is -2.42. The number of nitrogens with one attached hydrogen (secondary N) is 5. The normalized spacial score (nSPS) is 11.6. The number of anilines is 2. The number of benzene rings is 1. The predicted molar refractivity (Wildman–Crippen MR) is 138 cm³/mol. The van der Waals surface area contributed by atoms with Crippen LogP contribution in [0, 0.1) is 0 Å². The fourth-order valence-electron chi connectivity index (χ4n) is 3.01. The zero-order valence-electron chi connectivity index (χ0n) is 20.6. The van der Waals surface area contributed by atoms with Crippen molar-refractivity contribution in [3.8, 4) is 0 Å². The number of rotatable bonds is 15. The van der Waals surface area contributed by atoms with Crippen molar-refractivity contribution >= 4 is 47.9 Å². The number of aldehydes is 1. The van der Waals surface area contributed by atoms with Crippen LogP contribution < -0.4 is 32.3 Å². The molecule has 0 saturated heterocycles. The molecule has 1 unspecified atom stereocenters. The molecule has 1 atom stereocenters. The summed E-state index contributed by atoms with van der Waals surface area (Å²) in [5.74, 6) is -2.02. The van der Waals surface area contributed by atoms with E-state index in [1.54, 1.807) is 12.1 Å². The van der Waals surface area contributed by atoms with Crippen LogP contribution >= 0.6 is 0 Å². The van der Waals surface area contributed by atoms with E-state index in [2.05, 4.69) is 41.5 Å². The molecule has 0 aliphatic heterocycles. The molecule has 15 heteroatoms. The number of nitrogens with two attached hydrogens (primary N) is 1. The highest BCUT2D eigenvalue weighted by atomic mass is 16.4. The lowest BCUT2D eigenvalue weighted by molar-refractivity contribution is -0.139. The summed E-state index contributed by atoms with van der Waals surface area (Å²) in [5, 5.41) is 22.5. The fraction of sp³-hybridized carbons (Fsp3) is 0.304. The Kier molecular flexibility index (Phi) is 11.6. The number of carboxylic acid groups (broad SMARTS) is 1. The largest absolute Gasteiger partial charge is 0.480 e. The van der Waals surface area contributed by atoms with Gasteiger partial charge in [-0.3, -0.25) is 24.2 Å². The number of carbonyl (C=O) groups excluding carboxylic acids is 4. The first-order chi connectivity index (χ1) is 18.3. The number of carboxylic acids is 1. The van der Waals surface area contributed by atoms with E-state index in [1.807, 2.05) is 0 Å². The van der Waals surface area contributed by atoms with Gasteiger partial charge < -0.3 is 37.4 Å². The van der Waals surface area contributed by atoms with E-state index in [9.17, 15) is 29.1 Å². The summed E-state index contributed by atoms with van der Waals surface area (Å²) in [4.78, 5) is 69.5. The first-order valence-electron chi connectivity index (χ1n) is 11.4. The van der Waals surface area contributed by atoms with Gasteiger partial charge in [0.15, 0.2) is 18.1 Å². The van der Waals surface area contributed by atoms with E-state index in [-0.39, 0.29) is 55.5 Å². The molecule has 0 aliphatic rings. The molecule has 2 rings (SSSR count). The zero-order valence-corrected chi connectivity index (χ0v) is 20.6. The number of nitrogens with zero attached hydrogens (tertiary/aromatic N) is 3. The molecule has 3 amide bonds. The lowest BCUT2D eigenvalue weighted by Gasteiger charge is -2.15. The van der Waals surface area contributed by atoms with Crippen molar-refractivity contribution in [1.29, 1.82) is 0 Å². The van der Waals surface area contributed by atoms with E-state index >= 15 is 0 Å². The summed E-state index contributed by atoms with van der Waals surface area (Å²) in [6.07, 6.45) is 2.28. The molecule has 0 saturated carbocycles. The maximum absolute atomic E-state index is 12.5. The first kappa shape index (κ1) is 29.2. The van der Waals surface area contributed by atoms with Crippen molar-refractivity contribution in [2.75, 3.05) is 30.8 Å². The van der Waals surface area contributed by atoms with Gasteiger partial charge in [-0.2, -0.15) is 0 Å². The van der Waals surface area contributed by atoms with Crippen LogP contribution in [-0.4, -0.2) is 77.7 Å². The average molecular weight is 528 g/mol. The van der Waals surface area contributed by atoms with Crippen LogP contribution in [0.15, 0.2) is 35.5 Å². The maximum atomic E-state index is 12.5. The van der Waals surface area contributed by atoms with Gasteiger partial charge in [-0.25, -0.2) is 14.8 Å². The molecular formula is C23H29N9O6. The number of aromatic nitrogens is 2. The van der Waals surface area contributed by atoms with Crippen LogP contribution in [0.4, 0.5) is 11.5 Å². The molecule has 0 bridgehead atoms. The number of hydrogen-bond donors (Lipinski definition) is 7. The minimum absolute atomic E-state index is 0.0586. The molecule has 1 aromatic carbocycles. The molecule has 0 spiro atoms. The van der Waals surface area contributed by atoms with E-state index in [0.29, 0.717) is 24.1 Å². The SMILES string of the molecule is CN=C(N)Nc1ncc(CNc2ccc(C(=O)NC(CCC(=O)NCCNC=O)C(=O)O)cc2)nc1C=O. The summed E-state index contributed by atoms with van der Waals surface area (Å²) >= 11 is 0. The van der Waals surface area contributed by atoms with Crippen LogP contribution in [0.5, 0.6) is 0 Å². The summed E-state index contributed by atoms with van der Waals surface area (Å²) in [6.45, 7) is 0.685. The molecular weight excluding hydrogens is 498 g/mol. The molecule has 15 nitrogen and oxygen atoms in total. The monoisotopic (exact) mass is 527 g/mol. The van der Waals surface area contributed by atoms with Gasteiger partial charge in [0.2, 0.25) is 12.3 Å². The maximum Gasteiger partial charge on any atom is 0.326 e. The van der Waals surface area contributed by atoms with E-state index in [4.69, 9.17) is 5.73 Å². The Bertz CT molecular complexity index is 1170. The number of guanidine groups is 1. The Morgan fingerprint density at radius 3 is 2.53 bits per heavy atom. The second-order valence-electron chi connectivity index (χ2n) is 7.70. The number of aliphatic carboxylic acids is 1. The Labute approximate surface area is 217 Å². The first-order valence-corrected chi connectivity index (χ1v) is 11.4. The number of carbonyl (C=O) groups is 5. The van der Waals surface area contributed by atoms with Crippen molar-refractivity contribution < 1.29 is 29.1 Å². The fourth-order valence-corrected chi connectivity index (χ4v) is 3.01. The molecule has 1 aromatic heterocycles. The van der Waals surface area contributed by atoms with Gasteiger partial charge in [-0.15, -0.1) is 0 Å². The third-order valence-corrected chi connectivity index (χ3v) is 5.01. The summed E-state index contributed by atoms with van der Waals surface area (Å²) < 4.78 is 0. The molecule has 0 radical (unpaired) electrons. The number of aliphatic imine (C=N–C) groups is 1. The van der Waals surface area contributed by atoms with Crippen molar-refractivity contribution in [3.05, 3.63) is 47.4 Å². The summed E-state index contributed by atoms with van der Waals surface area (Å²) in [5.41, 5.74) is 6.97. The third-order valence-electron chi connectivity index (χ3n) is 5.01.